The van der Waals surface area contributed by atoms with Gasteiger partial charge in [0, 0.05) is 5.02 Å². The summed E-state index contributed by atoms with van der Waals surface area (Å²) in [6, 6.07) is 5.86. The lowest BCUT2D eigenvalue weighted by atomic mass is 10.1. The van der Waals surface area contributed by atoms with Crippen molar-refractivity contribution >= 4 is 23.0 Å². The van der Waals surface area contributed by atoms with Crippen LogP contribution in [-0.2, 0) is 11.2 Å². The minimum atomic E-state index is 0.114. The molecule has 1 aromatic rings. The van der Waals surface area contributed by atoms with Crippen molar-refractivity contribution in [3.63, 3.8) is 0 Å². The van der Waals surface area contributed by atoms with Crippen LogP contribution in [0.2, 0.25) is 5.02 Å². The number of rotatable bonds is 1. The number of allylic oxidation sites excluding steroid dienone is 2. The fraction of sp³-hybridized carbons (Fsp3) is 0.250. The van der Waals surface area contributed by atoms with Gasteiger partial charge in [0.15, 0.2) is 5.78 Å². The van der Waals surface area contributed by atoms with Crippen molar-refractivity contribution < 1.29 is 4.79 Å². The SMILES string of the molecule is CC(=O)/C=C1/CCc2cc(Cl)ccc21. The lowest BCUT2D eigenvalue weighted by molar-refractivity contribution is -0.112. The van der Waals surface area contributed by atoms with Gasteiger partial charge in [-0.15, -0.1) is 0 Å². The number of hydrogen-bond donors (Lipinski definition) is 0. The molecule has 2 rings (SSSR count). The van der Waals surface area contributed by atoms with Crippen LogP contribution in [0.25, 0.3) is 5.57 Å². The van der Waals surface area contributed by atoms with Gasteiger partial charge in [-0.3, -0.25) is 4.79 Å². The second-order valence-corrected chi connectivity index (χ2v) is 4.02. The molecule has 72 valence electrons. The van der Waals surface area contributed by atoms with Crippen molar-refractivity contribution in [1.82, 2.24) is 0 Å². The third kappa shape index (κ3) is 1.73. The molecule has 1 aliphatic rings. The first-order chi connectivity index (χ1) is 6.66. The molecule has 0 aliphatic heterocycles. The lowest BCUT2D eigenvalue weighted by Crippen LogP contribution is -1.85. The summed E-state index contributed by atoms with van der Waals surface area (Å²) in [5.74, 6) is 0.114. The smallest absolute Gasteiger partial charge is 0.152 e. The van der Waals surface area contributed by atoms with E-state index >= 15 is 0 Å². The number of fused-ring (bicyclic) bond motifs is 1. The molecule has 0 heterocycles. The molecule has 0 unspecified atom stereocenters. The van der Waals surface area contributed by atoms with Crippen molar-refractivity contribution in [2.45, 2.75) is 19.8 Å². The predicted molar refractivity (Wildman–Crippen MR) is 58.4 cm³/mol. The highest BCUT2D eigenvalue weighted by atomic mass is 35.5. The first kappa shape index (κ1) is 9.47. The van der Waals surface area contributed by atoms with E-state index in [-0.39, 0.29) is 5.78 Å². The summed E-state index contributed by atoms with van der Waals surface area (Å²) < 4.78 is 0. The highest BCUT2D eigenvalue weighted by Crippen LogP contribution is 2.33. The van der Waals surface area contributed by atoms with E-state index in [9.17, 15) is 4.79 Å². The highest BCUT2D eigenvalue weighted by molar-refractivity contribution is 6.30. The Morgan fingerprint density at radius 3 is 2.93 bits per heavy atom. The summed E-state index contributed by atoms with van der Waals surface area (Å²) in [6.07, 6.45) is 3.67. The van der Waals surface area contributed by atoms with Crippen molar-refractivity contribution in [3.05, 3.63) is 40.4 Å². The Morgan fingerprint density at radius 1 is 1.43 bits per heavy atom. The second-order valence-electron chi connectivity index (χ2n) is 3.58. The number of carbonyl (C=O) groups excluding carboxylic acids is 1. The standard InChI is InChI=1S/C12H11ClO/c1-8(14)6-9-2-3-10-7-11(13)4-5-12(9)10/h4-7H,2-3H2,1H3/b9-6-. The molecule has 14 heavy (non-hydrogen) atoms. The molecule has 0 atom stereocenters. The van der Waals surface area contributed by atoms with Crippen LogP contribution in [0.5, 0.6) is 0 Å². The third-order valence-corrected chi connectivity index (χ3v) is 2.69. The van der Waals surface area contributed by atoms with E-state index in [0.717, 1.165) is 23.4 Å². The van der Waals surface area contributed by atoms with Crippen LogP contribution in [0.4, 0.5) is 0 Å². The number of halogens is 1. The van der Waals surface area contributed by atoms with Crippen LogP contribution >= 0.6 is 11.6 Å². The van der Waals surface area contributed by atoms with Gasteiger partial charge in [-0.2, -0.15) is 0 Å². The van der Waals surface area contributed by atoms with E-state index in [1.165, 1.54) is 11.1 Å². The van der Waals surface area contributed by atoms with Crippen LogP contribution in [0.15, 0.2) is 24.3 Å². The van der Waals surface area contributed by atoms with Gasteiger partial charge in [0.2, 0.25) is 0 Å². The van der Waals surface area contributed by atoms with Gasteiger partial charge in [-0.25, -0.2) is 0 Å². The molecule has 0 spiro atoms. The predicted octanol–water partition coefficient (Wildman–Crippen LogP) is 3.26. The summed E-state index contributed by atoms with van der Waals surface area (Å²) in [5.41, 5.74) is 3.58. The topological polar surface area (TPSA) is 17.1 Å². The highest BCUT2D eigenvalue weighted by Gasteiger charge is 2.16. The quantitative estimate of drug-likeness (QED) is 0.645. The van der Waals surface area contributed by atoms with E-state index in [1.807, 2.05) is 18.2 Å². The third-order valence-electron chi connectivity index (χ3n) is 2.45. The van der Waals surface area contributed by atoms with E-state index < -0.39 is 0 Å². The molecular formula is C12H11ClO. The molecule has 1 nitrogen and oxygen atoms in total. The largest absolute Gasteiger partial charge is 0.295 e. The van der Waals surface area contributed by atoms with Gasteiger partial charge >= 0.3 is 0 Å². The molecule has 0 saturated heterocycles. The van der Waals surface area contributed by atoms with Crippen LogP contribution < -0.4 is 0 Å². The Labute approximate surface area is 88.4 Å². The van der Waals surface area contributed by atoms with Crippen LogP contribution in [0, 0.1) is 0 Å². The number of carbonyl (C=O) groups is 1. The van der Waals surface area contributed by atoms with Gasteiger partial charge in [-0.05, 0) is 54.7 Å². The Kier molecular flexibility index (Phi) is 2.42. The lowest BCUT2D eigenvalue weighted by Gasteiger charge is -2.00. The summed E-state index contributed by atoms with van der Waals surface area (Å²) >= 11 is 5.89. The molecule has 0 bridgehead atoms. The maximum Gasteiger partial charge on any atom is 0.152 e. The van der Waals surface area contributed by atoms with Gasteiger partial charge in [0.05, 0.1) is 0 Å². The molecule has 0 saturated carbocycles. The van der Waals surface area contributed by atoms with Crippen molar-refractivity contribution in [2.24, 2.45) is 0 Å². The monoisotopic (exact) mass is 206 g/mol. The zero-order valence-corrected chi connectivity index (χ0v) is 8.77. The zero-order chi connectivity index (χ0) is 10.1. The van der Waals surface area contributed by atoms with Crippen LogP contribution in [0.3, 0.4) is 0 Å². The van der Waals surface area contributed by atoms with E-state index in [4.69, 9.17) is 11.6 Å². The fourth-order valence-corrected chi connectivity index (χ4v) is 2.08. The van der Waals surface area contributed by atoms with Crippen LogP contribution in [-0.4, -0.2) is 5.78 Å². The zero-order valence-electron chi connectivity index (χ0n) is 8.01. The molecule has 0 radical (unpaired) electrons. The number of benzene rings is 1. The molecule has 2 heteroatoms. The fourth-order valence-electron chi connectivity index (χ4n) is 1.88. The van der Waals surface area contributed by atoms with E-state index in [2.05, 4.69) is 0 Å². The van der Waals surface area contributed by atoms with Gasteiger partial charge in [-0.1, -0.05) is 17.7 Å². The van der Waals surface area contributed by atoms with Crippen molar-refractivity contribution in [1.29, 1.82) is 0 Å². The summed E-state index contributed by atoms with van der Waals surface area (Å²) in [4.78, 5) is 11.0. The van der Waals surface area contributed by atoms with Gasteiger partial charge < -0.3 is 0 Å². The molecule has 1 aromatic carbocycles. The van der Waals surface area contributed by atoms with Crippen molar-refractivity contribution in [3.8, 4) is 0 Å². The Morgan fingerprint density at radius 2 is 2.21 bits per heavy atom. The summed E-state index contributed by atoms with van der Waals surface area (Å²) in [7, 11) is 0. The van der Waals surface area contributed by atoms with E-state index in [1.54, 1.807) is 13.0 Å². The summed E-state index contributed by atoms with van der Waals surface area (Å²) in [5, 5.41) is 0.771. The Bertz CT molecular complexity index is 418. The maximum absolute atomic E-state index is 11.0. The minimum Gasteiger partial charge on any atom is -0.295 e. The normalized spacial score (nSPS) is 17.1. The number of aryl methyl sites for hydroxylation is 1. The van der Waals surface area contributed by atoms with E-state index in [0.29, 0.717) is 0 Å². The second kappa shape index (κ2) is 3.58. The Balaban J connectivity index is 2.45. The van der Waals surface area contributed by atoms with Crippen LogP contribution in [0.1, 0.15) is 24.5 Å². The average Bonchev–Trinajstić information content (AvgIpc) is 2.47. The maximum atomic E-state index is 11.0. The van der Waals surface area contributed by atoms with Gasteiger partial charge in [0.25, 0.3) is 0 Å². The minimum absolute atomic E-state index is 0.114. The van der Waals surface area contributed by atoms with Gasteiger partial charge in [0.1, 0.15) is 0 Å². The summed E-state index contributed by atoms with van der Waals surface area (Å²) in [6.45, 7) is 1.58. The molecule has 0 N–H and O–H groups in total. The molecular weight excluding hydrogens is 196 g/mol. The number of hydrogen-bond acceptors (Lipinski definition) is 1. The average molecular weight is 207 g/mol. The molecule has 1 aliphatic carbocycles. The Hall–Kier alpha value is -1.08. The molecule has 0 aromatic heterocycles. The molecule has 0 amide bonds. The molecule has 0 fully saturated rings. The first-order valence-corrected chi connectivity index (χ1v) is 5.04. The van der Waals surface area contributed by atoms with Crippen molar-refractivity contribution in [2.75, 3.05) is 0 Å². The first-order valence-electron chi connectivity index (χ1n) is 4.67. The number of ketones is 1.